The topological polar surface area (TPSA) is 49.6 Å². The van der Waals surface area contributed by atoms with Crippen molar-refractivity contribution < 1.29 is 4.79 Å². The normalized spacial score (nSPS) is 10.9. The Morgan fingerprint density at radius 2 is 1.63 bits per heavy atom. The van der Waals surface area contributed by atoms with Gasteiger partial charge in [-0.05, 0) is 67.9 Å². The number of hydrazone groups is 1. The number of hydrogen-bond donors (Lipinski definition) is 1. The van der Waals surface area contributed by atoms with E-state index in [9.17, 15) is 4.79 Å². The van der Waals surface area contributed by atoms with E-state index in [-0.39, 0.29) is 5.91 Å². The molecule has 0 radical (unpaired) electrons. The summed E-state index contributed by atoms with van der Waals surface area (Å²) < 4.78 is 1.99. The number of carbonyl (C=O) groups excluding carboxylic acids is 1. The Morgan fingerprint density at radius 1 is 1.00 bits per heavy atom. The maximum absolute atomic E-state index is 12.2. The first-order chi connectivity index (χ1) is 13.2. The standard InChI is InChI=1S/C22H24N4O/c1-3-25(4-2)20-11-7-18(8-12-20)17-23-24-22(27)19-9-13-21(14-10-19)26-15-5-6-16-26/h5-17H,3-4H2,1-2H3,(H,24,27)/b23-17+. The number of carbonyl (C=O) groups is 1. The molecule has 0 unspecified atom stereocenters. The molecule has 5 nitrogen and oxygen atoms in total. The van der Waals surface area contributed by atoms with E-state index in [2.05, 4.69) is 41.4 Å². The van der Waals surface area contributed by atoms with Crippen LogP contribution >= 0.6 is 0 Å². The Balaban J connectivity index is 1.58. The third-order valence-corrected chi connectivity index (χ3v) is 4.43. The summed E-state index contributed by atoms with van der Waals surface area (Å²) in [7, 11) is 0. The van der Waals surface area contributed by atoms with Crippen molar-refractivity contribution in [2.75, 3.05) is 18.0 Å². The Morgan fingerprint density at radius 3 is 2.22 bits per heavy atom. The zero-order valence-corrected chi connectivity index (χ0v) is 15.7. The molecule has 0 saturated heterocycles. The van der Waals surface area contributed by atoms with Crippen LogP contribution in [0.1, 0.15) is 29.8 Å². The Labute approximate surface area is 159 Å². The van der Waals surface area contributed by atoms with Gasteiger partial charge in [0.15, 0.2) is 0 Å². The van der Waals surface area contributed by atoms with Crippen molar-refractivity contribution in [3.63, 3.8) is 0 Å². The number of amides is 1. The smallest absolute Gasteiger partial charge is 0.271 e. The van der Waals surface area contributed by atoms with Crippen molar-refractivity contribution in [1.29, 1.82) is 0 Å². The molecule has 1 N–H and O–H groups in total. The van der Waals surface area contributed by atoms with E-state index in [0.29, 0.717) is 5.56 Å². The molecular weight excluding hydrogens is 336 g/mol. The van der Waals surface area contributed by atoms with Crippen LogP contribution in [0.4, 0.5) is 5.69 Å². The molecule has 2 aromatic carbocycles. The number of anilines is 1. The fourth-order valence-electron chi connectivity index (χ4n) is 2.88. The minimum absolute atomic E-state index is 0.231. The fraction of sp³-hybridized carbons (Fsp3) is 0.182. The minimum Gasteiger partial charge on any atom is -0.372 e. The van der Waals surface area contributed by atoms with E-state index >= 15 is 0 Å². The van der Waals surface area contributed by atoms with E-state index in [1.165, 1.54) is 5.69 Å². The quantitative estimate of drug-likeness (QED) is 0.510. The molecular formula is C22H24N4O. The molecule has 0 bridgehead atoms. The summed E-state index contributed by atoms with van der Waals surface area (Å²) in [6.45, 7) is 6.23. The molecule has 138 valence electrons. The molecule has 1 heterocycles. The molecule has 0 aliphatic rings. The summed E-state index contributed by atoms with van der Waals surface area (Å²) in [5.74, 6) is -0.231. The van der Waals surface area contributed by atoms with E-state index in [0.717, 1.165) is 24.3 Å². The van der Waals surface area contributed by atoms with Gasteiger partial charge in [-0.2, -0.15) is 5.10 Å². The van der Waals surface area contributed by atoms with Gasteiger partial charge in [-0.25, -0.2) is 5.43 Å². The number of nitrogens with one attached hydrogen (secondary N) is 1. The van der Waals surface area contributed by atoms with Crippen LogP contribution in [-0.4, -0.2) is 29.8 Å². The van der Waals surface area contributed by atoms with Crippen molar-refractivity contribution in [3.05, 3.63) is 84.2 Å². The minimum atomic E-state index is -0.231. The van der Waals surface area contributed by atoms with E-state index in [1.54, 1.807) is 18.3 Å². The molecule has 0 fully saturated rings. The lowest BCUT2D eigenvalue weighted by Crippen LogP contribution is -2.21. The fourth-order valence-corrected chi connectivity index (χ4v) is 2.88. The molecule has 5 heteroatoms. The highest BCUT2D eigenvalue weighted by atomic mass is 16.2. The first kappa shape index (κ1) is 18.5. The highest BCUT2D eigenvalue weighted by molar-refractivity contribution is 5.95. The third kappa shape index (κ3) is 4.64. The molecule has 27 heavy (non-hydrogen) atoms. The predicted molar refractivity (Wildman–Crippen MR) is 111 cm³/mol. The summed E-state index contributed by atoms with van der Waals surface area (Å²) in [5.41, 5.74) is 6.28. The summed E-state index contributed by atoms with van der Waals surface area (Å²) in [6.07, 6.45) is 5.58. The van der Waals surface area contributed by atoms with Gasteiger partial charge in [0.1, 0.15) is 0 Å². The van der Waals surface area contributed by atoms with Crippen molar-refractivity contribution in [1.82, 2.24) is 9.99 Å². The summed E-state index contributed by atoms with van der Waals surface area (Å²) in [6, 6.07) is 19.4. The summed E-state index contributed by atoms with van der Waals surface area (Å²) in [5, 5.41) is 4.06. The van der Waals surface area contributed by atoms with Crippen LogP contribution in [0.5, 0.6) is 0 Å². The average Bonchev–Trinajstić information content (AvgIpc) is 3.25. The number of aromatic nitrogens is 1. The van der Waals surface area contributed by atoms with Crippen LogP contribution < -0.4 is 10.3 Å². The van der Waals surface area contributed by atoms with Crippen LogP contribution in [0.3, 0.4) is 0 Å². The van der Waals surface area contributed by atoms with Gasteiger partial charge in [-0.3, -0.25) is 4.79 Å². The van der Waals surface area contributed by atoms with Crippen molar-refractivity contribution >= 4 is 17.8 Å². The molecule has 1 aromatic heterocycles. The van der Waals surface area contributed by atoms with Crippen molar-refractivity contribution in [2.24, 2.45) is 5.10 Å². The monoisotopic (exact) mass is 360 g/mol. The second kappa shape index (κ2) is 8.85. The average molecular weight is 360 g/mol. The number of hydrogen-bond acceptors (Lipinski definition) is 3. The zero-order valence-electron chi connectivity index (χ0n) is 15.7. The van der Waals surface area contributed by atoms with Crippen LogP contribution in [-0.2, 0) is 0 Å². The Hall–Kier alpha value is -3.34. The first-order valence-electron chi connectivity index (χ1n) is 9.13. The van der Waals surface area contributed by atoms with E-state index < -0.39 is 0 Å². The Kier molecular flexibility index (Phi) is 6.05. The molecule has 0 saturated carbocycles. The lowest BCUT2D eigenvalue weighted by molar-refractivity contribution is 0.0955. The largest absolute Gasteiger partial charge is 0.372 e. The van der Waals surface area contributed by atoms with Crippen LogP contribution in [0, 0.1) is 0 Å². The van der Waals surface area contributed by atoms with Crippen LogP contribution in [0.25, 0.3) is 5.69 Å². The predicted octanol–water partition coefficient (Wildman–Crippen LogP) is 4.09. The van der Waals surface area contributed by atoms with Crippen molar-refractivity contribution in [3.8, 4) is 5.69 Å². The molecule has 0 aliphatic heterocycles. The number of benzene rings is 2. The molecule has 3 rings (SSSR count). The highest BCUT2D eigenvalue weighted by Crippen LogP contribution is 2.14. The van der Waals surface area contributed by atoms with Gasteiger partial charge in [0.05, 0.1) is 6.21 Å². The second-order valence-electron chi connectivity index (χ2n) is 6.10. The molecule has 0 aliphatic carbocycles. The third-order valence-electron chi connectivity index (χ3n) is 4.43. The van der Waals surface area contributed by atoms with Gasteiger partial charge in [0.25, 0.3) is 5.91 Å². The molecule has 1 amide bonds. The van der Waals surface area contributed by atoms with Crippen LogP contribution in [0.2, 0.25) is 0 Å². The zero-order chi connectivity index (χ0) is 19.1. The lowest BCUT2D eigenvalue weighted by atomic mass is 10.2. The van der Waals surface area contributed by atoms with Gasteiger partial charge >= 0.3 is 0 Å². The van der Waals surface area contributed by atoms with Gasteiger partial charge < -0.3 is 9.47 Å². The van der Waals surface area contributed by atoms with Gasteiger partial charge in [0.2, 0.25) is 0 Å². The summed E-state index contributed by atoms with van der Waals surface area (Å²) >= 11 is 0. The number of rotatable bonds is 7. The number of nitrogens with zero attached hydrogens (tertiary/aromatic N) is 3. The second-order valence-corrected chi connectivity index (χ2v) is 6.10. The van der Waals surface area contributed by atoms with E-state index in [4.69, 9.17) is 0 Å². The van der Waals surface area contributed by atoms with Gasteiger partial charge in [-0.1, -0.05) is 12.1 Å². The molecule has 3 aromatic rings. The maximum Gasteiger partial charge on any atom is 0.271 e. The first-order valence-corrected chi connectivity index (χ1v) is 9.13. The highest BCUT2D eigenvalue weighted by Gasteiger charge is 2.04. The van der Waals surface area contributed by atoms with Crippen LogP contribution in [0.15, 0.2) is 78.2 Å². The van der Waals surface area contributed by atoms with Gasteiger partial charge in [0, 0.05) is 42.4 Å². The lowest BCUT2D eigenvalue weighted by Gasteiger charge is -2.20. The molecule has 0 atom stereocenters. The SMILES string of the molecule is CCN(CC)c1ccc(/C=N/NC(=O)c2ccc(-n3cccc3)cc2)cc1. The van der Waals surface area contributed by atoms with Gasteiger partial charge in [-0.15, -0.1) is 0 Å². The van der Waals surface area contributed by atoms with Crippen molar-refractivity contribution in [2.45, 2.75) is 13.8 Å². The summed E-state index contributed by atoms with van der Waals surface area (Å²) in [4.78, 5) is 14.5. The van der Waals surface area contributed by atoms with E-state index in [1.807, 2.05) is 53.4 Å². The molecule has 0 spiro atoms. The maximum atomic E-state index is 12.2. The Bertz CT molecular complexity index is 877.